The van der Waals surface area contributed by atoms with Gasteiger partial charge in [-0.05, 0) is 25.5 Å². The number of nitrogens with zero attached hydrogens (tertiary/aromatic N) is 3. The highest BCUT2D eigenvalue weighted by Crippen LogP contribution is 2.40. The minimum atomic E-state index is -0.00420. The molecule has 0 amide bonds. The van der Waals surface area contributed by atoms with Gasteiger partial charge < -0.3 is 14.6 Å². The molecule has 0 bridgehead atoms. The van der Waals surface area contributed by atoms with Crippen LogP contribution in [0, 0.1) is 0 Å². The molecule has 0 aliphatic carbocycles. The van der Waals surface area contributed by atoms with Gasteiger partial charge >= 0.3 is 0 Å². The molecule has 0 spiro atoms. The van der Waals surface area contributed by atoms with Crippen LogP contribution < -0.4 is 5.32 Å². The molecular weight excluding hydrogens is 304 g/mol. The number of ether oxygens (including phenoxy) is 1. The number of piperazine rings is 1. The molecule has 2 aliphatic heterocycles. The number of aromatic nitrogens is 2. The van der Waals surface area contributed by atoms with Gasteiger partial charge in [0, 0.05) is 26.2 Å². The third-order valence-corrected chi connectivity index (χ3v) is 5.03. The summed E-state index contributed by atoms with van der Waals surface area (Å²) >= 11 is 0. The Labute approximate surface area is 142 Å². The van der Waals surface area contributed by atoms with Gasteiger partial charge in [0.15, 0.2) is 5.82 Å². The summed E-state index contributed by atoms with van der Waals surface area (Å²) in [5.41, 5.74) is 1.18. The summed E-state index contributed by atoms with van der Waals surface area (Å²) in [7, 11) is 2.11. The molecule has 2 saturated heterocycles. The zero-order chi connectivity index (χ0) is 16.4. The van der Waals surface area contributed by atoms with Crippen LogP contribution in [0.15, 0.2) is 34.9 Å². The number of likely N-dealkylation sites (N-methyl/N-ethyl adjacent to an activating group) is 1. The highest BCUT2D eigenvalue weighted by molar-refractivity contribution is 5.21. The van der Waals surface area contributed by atoms with Crippen molar-refractivity contribution in [2.75, 3.05) is 33.3 Å². The first-order valence-corrected chi connectivity index (χ1v) is 8.74. The van der Waals surface area contributed by atoms with E-state index in [0.717, 1.165) is 44.9 Å². The van der Waals surface area contributed by atoms with Crippen LogP contribution in [0.4, 0.5) is 0 Å². The third-order valence-electron chi connectivity index (χ3n) is 5.03. The Morgan fingerprint density at radius 1 is 1.25 bits per heavy atom. The predicted molar refractivity (Wildman–Crippen MR) is 89.6 cm³/mol. The molecule has 1 aromatic heterocycles. The van der Waals surface area contributed by atoms with Crippen LogP contribution in [0.25, 0.3) is 0 Å². The van der Waals surface area contributed by atoms with Crippen LogP contribution in [0.3, 0.4) is 0 Å². The molecule has 0 saturated carbocycles. The molecule has 2 fully saturated rings. The van der Waals surface area contributed by atoms with E-state index >= 15 is 0 Å². The number of benzene rings is 1. The van der Waals surface area contributed by atoms with Crippen LogP contribution in [-0.4, -0.2) is 48.3 Å². The molecule has 24 heavy (non-hydrogen) atoms. The Balaban J connectivity index is 1.57. The maximum absolute atomic E-state index is 6.06. The fourth-order valence-corrected chi connectivity index (χ4v) is 3.63. The first kappa shape index (κ1) is 15.7. The minimum absolute atomic E-state index is 0.00420. The summed E-state index contributed by atoms with van der Waals surface area (Å²) in [6.07, 6.45) is 2.03. The SMILES string of the molecule is CN1CCNCC1c1noc(C2CCCOC2c2ccccc2)n1. The second-order valence-electron chi connectivity index (χ2n) is 6.64. The summed E-state index contributed by atoms with van der Waals surface area (Å²) < 4.78 is 11.7. The Bertz CT molecular complexity index is 660. The van der Waals surface area contributed by atoms with Gasteiger partial charge in [-0.25, -0.2) is 0 Å². The van der Waals surface area contributed by atoms with Crippen LogP contribution >= 0.6 is 0 Å². The monoisotopic (exact) mass is 328 g/mol. The lowest BCUT2D eigenvalue weighted by Crippen LogP contribution is -2.44. The Hall–Kier alpha value is -1.76. The average Bonchev–Trinajstić information content (AvgIpc) is 3.12. The Morgan fingerprint density at radius 2 is 2.12 bits per heavy atom. The van der Waals surface area contributed by atoms with E-state index in [1.165, 1.54) is 5.56 Å². The molecule has 3 unspecified atom stereocenters. The molecule has 2 aliphatic rings. The first-order valence-electron chi connectivity index (χ1n) is 8.74. The first-order chi connectivity index (χ1) is 11.8. The lowest BCUT2D eigenvalue weighted by molar-refractivity contribution is -0.0103. The average molecular weight is 328 g/mol. The van der Waals surface area contributed by atoms with Crippen LogP contribution in [0.5, 0.6) is 0 Å². The molecule has 128 valence electrons. The van der Waals surface area contributed by atoms with Gasteiger partial charge in [-0.3, -0.25) is 4.90 Å². The zero-order valence-electron chi connectivity index (χ0n) is 14.0. The van der Waals surface area contributed by atoms with Crippen molar-refractivity contribution in [3.63, 3.8) is 0 Å². The predicted octanol–water partition coefficient (Wildman–Crippen LogP) is 2.28. The van der Waals surface area contributed by atoms with Crippen molar-refractivity contribution >= 4 is 0 Å². The zero-order valence-corrected chi connectivity index (χ0v) is 14.0. The number of hydrogen-bond acceptors (Lipinski definition) is 6. The Morgan fingerprint density at radius 3 is 2.96 bits per heavy atom. The van der Waals surface area contributed by atoms with E-state index in [2.05, 4.69) is 34.6 Å². The van der Waals surface area contributed by atoms with E-state index in [-0.39, 0.29) is 18.1 Å². The topological polar surface area (TPSA) is 63.4 Å². The molecule has 3 heterocycles. The lowest BCUT2D eigenvalue weighted by Gasteiger charge is -2.31. The van der Waals surface area contributed by atoms with Gasteiger partial charge in [0.25, 0.3) is 0 Å². The van der Waals surface area contributed by atoms with Gasteiger partial charge in [0.1, 0.15) is 0 Å². The van der Waals surface area contributed by atoms with E-state index in [4.69, 9.17) is 14.2 Å². The minimum Gasteiger partial charge on any atom is -0.373 e. The van der Waals surface area contributed by atoms with Crippen molar-refractivity contribution in [3.05, 3.63) is 47.6 Å². The Kier molecular flexibility index (Phi) is 4.60. The van der Waals surface area contributed by atoms with Crippen LogP contribution in [0.1, 0.15) is 48.2 Å². The quantitative estimate of drug-likeness (QED) is 0.933. The van der Waals surface area contributed by atoms with Gasteiger partial charge in [0.2, 0.25) is 5.89 Å². The van der Waals surface area contributed by atoms with Gasteiger partial charge in [-0.15, -0.1) is 0 Å². The third kappa shape index (κ3) is 3.09. The highest BCUT2D eigenvalue weighted by Gasteiger charge is 2.34. The van der Waals surface area contributed by atoms with Crippen molar-refractivity contribution in [1.82, 2.24) is 20.4 Å². The molecule has 1 N–H and O–H groups in total. The van der Waals surface area contributed by atoms with Crippen molar-refractivity contribution in [2.45, 2.75) is 30.9 Å². The fraction of sp³-hybridized carbons (Fsp3) is 0.556. The molecule has 0 radical (unpaired) electrons. The fourth-order valence-electron chi connectivity index (χ4n) is 3.63. The van der Waals surface area contributed by atoms with Crippen LogP contribution in [0.2, 0.25) is 0 Å². The van der Waals surface area contributed by atoms with E-state index in [1.54, 1.807) is 0 Å². The summed E-state index contributed by atoms with van der Waals surface area (Å²) in [4.78, 5) is 7.02. The summed E-state index contributed by atoms with van der Waals surface area (Å²) in [5.74, 6) is 1.61. The smallest absolute Gasteiger partial charge is 0.232 e. The van der Waals surface area contributed by atoms with Crippen molar-refractivity contribution in [3.8, 4) is 0 Å². The molecule has 3 atom stereocenters. The normalized spacial score (nSPS) is 28.8. The van der Waals surface area contributed by atoms with E-state index in [9.17, 15) is 0 Å². The molecule has 6 nitrogen and oxygen atoms in total. The summed E-state index contributed by atoms with van der Waals surface area (Å²) in [6.45, 7) is 3.64. The molecule has 6 heteroatoms. The van der Waals surface area contributed by atoms with Gasteiger partial charge in [0.05, 0.1) is 18.1 Å². The van der Waals surface area contributed by atoms with Crippen molar-refractivity contribution in [1.29, 1.82) is 0 Å². The summed E-state index contributed by atoms with van der Waals surface area (Å²) in [6, 6.07) is 10.5. The standard InChI is InChI=1S/C18H24N4O2/c1-22-10-9-19-12-15(22)17-20-18(24-21-17)14-8-5-11-23-16(14)13-6-3-2-4-7-13/h2-4,6-7,14-16,19H,5,8-12H2,1H3. The summed E-state index contributed by atoms with van der Waals surface area (Å²) in [5, 5.41) is 7.67. The molecule has 4 rings (SSSR count). The maximum atomic E-state index is 6.06. The molecule has 1 aromatic carbocycles. The van der Waals surface area contributed by atoms with Crippen molar-refractivity contribution in [2.24, 2.45) is 0 Å². The number of rotatable bonds is 3. The number of nitrogens with one attached hydrogen (secondary N) is 1. The largest absolute Gasteiger partial charge is 0.373 e. The lowest BCUT2D eigenvalue weighted by atomic mass is 9.89. The highest BCUT2D eigenvalue weighted by atomic mass is 16.5. The molecular formula is C18H24N4O2. The van der Waals surface area contributed by atoms with E-state index < -0.39 is 0 Å². The van der Waals surface area contributed by atoms with E-state index in [0.29, 0.717) is 5.89 Å². The number of hydrogen-bond donors (Lipinski definition) is 1. The van der Waals surface area contributed by atoms with Crippen molar-refractivity contribution < 1.29 is 9.26 Å². The second-order valence-corrected chi connectivity index (χ2v) is 6.64. The van der Waals surface area contributed by atoms with Crippen LogP contribution in [-0.2, 0) is 4.74 Å². The maximum Gasteiger partial charge on any atom is 0.232 e. The van der Waals surface area contributed by atoms with Gasteiger partial charge in [-0.2, -0.15) is 4.98 Å². The second kappa shape index (κ2) is 7.01. The molecule has 2 aromatic rings. The van der Waals surface area contributed by atoms with E-state index in [1.807, 2.05) is 18.2 Å². The van der Waals surface area contributed by atoms with Gasteiger partial charge in [-0.1, -0.05) is 35.5 Å².